The third kappa shape index (κ3) is 3.75. The monoisotopic (exact) mass is 280 g/mol. The first-order valence-electron chi connectivity index (χ1n) is 8.69. The summed E-state index contributed by atoms with van der Waals surface area (Å²) in [5, 5.41) is 3.49. The normalized spacial score (nSPS) is 26.5. The topological polar surface area (TPSA) is 32.3 Å². The SMILES string of the molecule is CCCC1CCCCN1C(=O)CC1(NC)CCCCC1. The number of hydrogen-bond donors (Lipinski definition) is 1. The molecule has 3 nitrogen and oxygen atoms in total. The minimum atomic E-state index is 0.0869. The van der Waals surface area contributed by atoms with Crippen LogP contribution in [0.4, 0.5) is 0 Å². The van der Waals surface area contributed by atoms with Crippen molar-refractivity contribution in [3.8, 4) is 0 Å². The first-order chi connectivity index (χ1) is 9.71. The molecule has 0 radical (unpaired) electrons. The average molecular weight is 280 g/mol. The number of rotatable bonds is 5. The van der Waals surface area contributed by atoms with E-state index in [9.17, 15) is 4.79 Å². The number of nitrogens with zero attached hydrogens (tertiary/aromatic N) is 1. The number of amides is 1. The third-order valence-electron chi connectivity index (χ3n) is 5.40. The molecule has 1 heterocycles. The van der Waals surface area contributed by atoms with Crippen LogP contribution in [-0.2, 0) is 4.79 Å². The van der Waals surface area contributed by atoms with Crippen molar-refractivity contribution in [1.29, 1.82) is 0 Å². The molecule has 1 N–H and O–H groups in total. The molecule has 0 spiro atoms. The number of hydrogen-bond acceptors (Lipinski definition) is 2. The fourth-order valence-corrected chi connectivity index (χ4v) is 4.10. The molecule has 0 bridgehead atoms. The van der Waals surface area contributed by atoms with Crippen LogP contribution in [0.15, 0.2) is 0 Å². The van der Waals surface area contributed by atoms with E-state index in [2.05, 4.69) is 17.1 Å². The summed E-state index contributed by atoms with van der Waals surface area (Å²) >= 11 is 0. The van der Waals surface area contributed by atoms with Crippen LogP contribution in [-0.4, -0.2) is 36.0 Å². The summed E-state index contributed by atoms with van der Waals surface area (Å²) in [6.07, 6.45) is 13.0. The van der Waals surface area contributed by atoms with Crippen molar-refractivity contribution in [2.24, 2.45) is 0 Å². The van der Waals surface area contributed by atoms with Gasteiger partial charge in [-0.1, -0.05) is 32.6 Å². The van der Waals surface area contributed by atoms with Crippen molar-refractivity contribution in [3.63, 3.8) is 0 Å². The van der Waals surface area contributed by atoms with E-state index >= 15 is 0 Å². The first kappa shape index (κ1) is 15.8. The fourth-order valence-electron chi connectivity index (χ4n) is 4.10. The van der Waals surface area contributed by atoms with Gasteiger partial charge in [0.25, 0.3) is 0 Å². The average Bonchev–Trinajstić information content (AvgIpc) is 2.49. The summed E-state index contributed by atoms with van der Waals surface area (Å²) in [4.78, 5) is 15.0. The smallest absolute Gasteiger partial charge is 0.224 e. The Labute approximate surface area is 124 Å². The zero-order valence-corrected chi connectivity index (χ0v) is 13.4. The van der Waals surface area contributed by atoms with Gasteiger partial charge in [-0.3, -0.25) is 4.79 Å². The highest BCUT2D eigenvalue weighted by atomic mass is 16.2. The van der Waals surface area contributed by atoms with Crippen molar-refractivity contribution in [1.82, 2.24) is 10.2 Å². The summed E-state index contributed by atoms with van der Waals surface area (Å²) in [7, 11) is 2.04. The van der Waals surface area contributed by atoms with Gasteiger partial charge >= 0.3 is 0 Å². The van der Waals surface area contributed by atoms with E-state index in [1.807, 2.05) is 7.05 Å². The predicted molar refractivity (Wildman–Crippen MR) is 83.8 cm³/mol. The number of carbonyl (C=O) groups is 1. The lowest BCUT2D eigenvalue weighted by Crippen LogP contribution is -2.51. The molecule has 0 aromatic rings. The molecule has 1 unspecified atom stereocenters. The molecular formula is C17H32N2O. The maximum Gasteiger partial charge on any atom is 0.224 e. The molecule has 1 atom stereocenters. The van der Waals surface area contributed by atoms with Crippen molar-refractivity contribution in [3.05, 3.63) is 0 Å². The van der Waals surface area contributed by atoms with Crippen LogP contribution < -0.4 is 5.32 Å². The molecule has 116 valence electrons. The van der Waals surface area contributed by atoms with Gasteiger partial charge in [0.15, 0.2) is 0 Å². The Hall–Kier alpha value is -0.570. The molecule has 0 aromatic heterocycles. The second kappa shape index (κ2) is 7.44. The number of carbonyl (C=O) groups excluding carboxylic acids is 1. The Morgan fingerprint density at radius 3 is 2.60 bits per heavy atom. The summed E-state index contributed by atoms with van der Waals surface area (Å²) in [5.41, 5.74) is 0.0869. The molecule has 2 fully saturated rings. The summed E-state index contributed by atoms with van der Waals surface area (Å²) in [6.45, 7) is 3.22. The van der Waals surface area contributed by atoms with E-state index in [1.54, 1.807) is 0 Å². The van der Waals surface area contributed by atoms with Crippen LogP contribution in [0.3, 0.4) is 0 Å². The van der Waals surface area contributed by atoms with E-state index < -0.39 is 0 Å². The minimum Gasteiger partial charge on any atom is -0.340 e. The maximum atomic E-state index is 12.8. The number of piperidine rings is 1. The van der Waals surface area contributed by atoms with Crippen molar-refractivity contribution in [2.45, 2.75) is 89.1 Å². The largest absolute Gasteiger partial charge is 0.340 e. The standard InChI is InChI=1S/C17H32N2O/c1-3-9-15-10-5-8-13-19(15)16(20)14-17(18-2)11-6-4-7-12-17/h15,18H,3-14H2,1-2H3. The van der Waals surface area contributed by atoms with Crippen LogP contribution >= 0.6 is 0 Å². The predicted octanol–water partition coefficient (Wildman–Crippen LogP) is 3.48. The van der Waals surface area contributed by atoms with Gasteiger partial charge in [0.1, 0.15) is 0 Å². The van der Waals surface area contributed by atoms with Gasteiger partial charge in [0, 0.05) is 24.5 Å². The highest BCUT2D eigenvalue weighted by Crippen LogP contribution is 2.32. The second-order valence-corrected chi connectivity index (χ2v) is 6.79. The van der Waals surface area contributed by atoms with E-state index in [4.69, 9.17) is 0 Å². The lowest BCUT2D eigenvalue weighted by atomic mass is 9.79. The van der Waals surface area contributed by atoms with Gasteiger partial charge in [-0.15, -0.1) is 0 Å². The van der Waals surface area contributed by atoms with Crippen LogP contribution in [0.1, 0.15) is 77.6 Å². The molecule has 0 aromatic carbocycles. The molecule has 1 amide bonds. The zero-order chi connectivity index (χ0) is 14.4. The van der Waals surface area contributed by atoms with Gasteiger partial charge in [0.2, 0.25) is 5.91 Å². The van der Waals surface area contributed by atoms with Gasteiger partial charge in [-0.2, -0.15) is 0 Å². The second-order valence-electron chi connectivity index (χ2n) is 6.79. The van der Waals surface area contributed by atoms with Crippen LogP contribution in [0, 0.1) is 0 Å². The van der Waals surface area contributed by atoms with Crippen molar-refractivity contribution < 1.29 is 4.79 Å². The first-order valence-corrected chi connectivity index (χ1v) is 8.69. The Kier molecular flexibility index (Phi) is 5.88. The van der Waals surface area contributed by atoms with E-state index in [1.165, 1.54) is 64.2 Å². The van der Waals surface area contributed by atoms with Crippen molar-refractivity contribution in [2.75, 3.05) is 13.6 Å². The minimum absolute atomic E-state index is 0.0869. The van der Waals surface area contributed by atoms with Crippen LogP contribution in [0.5, 0.6) is 0 Å². The summed E-state index contributed by atoms with van der Waals surface area (Å²) in [5.74, 6) is 0.402. The van der Waals surface area contributed by atoms with E-state index in [0.717, 1.165) is 6.54 Å². The summed E-state index contributed by atoms with van der Waals surface area (Å²) < 4.78 is 0. The van der Waals surface area contributed by atoms with Gasteiger partial charge in [-0.25, -0.2) is 0 Å². The Bertz CT molecular complexity index is 308. The maximum absolute atomic E-state index is 12.8. The third-order valence-corrected chi connectivity index (χ3v) is 5.40. The van der Waals surface area contributed by atoms with Gasteiger partial charge in [0.05, 0.1) is 0 Å². The molecule has 1 aliphatic carbocycles. The van der Waals surface area contributed by atoms with Crippen LogP contribution in [0.25, 0.3) is 0 Å². The molecule has 1 saturated carbocycles. The van der Waals surface area contributed by atoms with Crippen molar-refractivity contribution >= 4 is 5.91 Å². The molecule has 2 aliphatic rings. The van der Waals surface area contributed by atoms with Crippen LogP contribution in [0.2, 0.25) is 0 Å². The fraction of sp³-hybridized carbons (Fsp3) is 0.941. The van der Waals surface area contributed by atoms with E-state index in [0.29, 0.717) is 18.4 Å². The zero-order valence-electron chi connectivity index (χ0n) is 13.4. The molecule has 2 rings (SSSR count). The van der Waals surface area contributed by atoms with E-state index in [-0.39, 0.29) is 5.54 Å². The lowest BCUT2D eigenvalue weighted by molar-refractivity contribution is -0.137. The molecule has 20 heavy (non-hydrogen) atoms. The molecule has 3 heteroatoms. The molecule has 1 aliphatic heterocycles. The van der Waals surface area contributed by atoms with Gasteiger partial charge < -0.3 is 10.2 Å². The highest BCUT2D eigenvalue weighted by Gasteiger charge is 2.36. The molecular weight excluding hydrogens is 248 g/mol. The number of likely N-dealkylation sites (tertiary alicyclic amines) is 1. The van der Waals surface area contributed by atoms with Gasteiger partial charge in [-0.05, 0) is 45.6 Å². The Balaban J connectivity index is 1.97. The summed E-state index contributed by atoms with van der Waals surface area (Å²) in [6, 6.07) is 0.513. The Morgan fingerprint density at radius 1 is 1.20 bits per heavy atom. The Morgan fingerprint density at radius 2 is 1.95 bits per heavy atom. The molecule has 1 saturated heterocycles. The number of nitrogens with one attached hydrogen (secondary N) is 1. The highest BCUT2D eigenvalue weighted by molar-refractivity contribution is 5.78. The lowest BCUT2D eigenvalue weighted by Gasteiger charge is -2.41. The quantitative estimate of drug-likeness (QED) is 0.836.